The van der Waals surface area contributed by atoms with Gasteiger partial charge in [0.1, 0.15) is 11.4 Å². The summed E-state index contributed by atoms with van der Waals surface area (Å²) in [4.78, 5) is 12.4. The van der Waals surface area contributed by atoms with Gasteiger partial charge in [0.2, 0.25) is 20.9 Å². The molecule has 0 amide bonds. The first-order valence-electron chi connectivity index (χ1n) is 11.7. The summed E-state index contributed by atoms with van der Waals surface area (Å²) in [6, 6.07) is 10.1. The van der Waals surface area contributed by atoms with Crippen molar-refractivity contribution in [2.45, 2.75) is 48.0 Å². The monoisotopic (exact) mass is 505 g/mol. The van der Waals surface area contributed by atoms with E-state index < -0.39 is 21.2 Å². The van der Waals surface area contributed by atoms with Gasteiger partial charge < -0.3 is 19.9 Å². The highest BCUT2D eigenvalue weighted by atomic mass is 32.2. The second-order valence-electron chi connectivity index (χ2n) is 9.74. The van der Waals surface area contributed by atoms with Crippen LogP contribution in [-0.2, 0) is 33.0 Å². The summed E-state index contributed by atoms with van der Waals surface area (Å²) in [6.45, 7) is 1.71. The number of aromatic nitrogens is 2. The molecule has 1 aliphatic carbocycles. The molecule has 3 aliphatic rings. The van der Waals surface area contributed by atoms with Crippen LogP contribution in [-0.4, -0.2) is 71.8 Å². The molecule has 34 heavy (non-hydrogen) atoms. The number of hydrogen-bond donors (Lipinski definition) is 3. The molecule has 1 aromatic carbocycles. The second-order valence-corrected chi connectivity index (χ2v) is 13.1. The number of aliphatic hydroxyl groups is 1. The number of aryl methyl sites for hydroxylation is 1. The van der Waals surface area contributed by atoms with Crippen LogP contribution in [0.1, 0.15) is 36.9 Å². The summed E-state index contributed by atoms with van der Waals surface area (Å²) < 4.78 is 39.1. The number of rotatable bonds is 8. The van der Waals surface area contributed by atoms with Crippen LogP contribution in [0.5, 0.6) is 0 Å². The maximum Gasteiger partial charge on any atom is 0.227 e. The Labute approximate surface area is 203 Å². The summed E-state index contributed by atoms with van der Waals surface area (Å²) in [6.07, 6.45) is 5.06. The molecule has 1 atom stereocenters. The lowest BCUT2D eigenvalue weighted by atomic mass is 9.73. The smallest absolute Gasteiger partial charge is 0.227 e. The van der Waals surface area contributed by atoms with Crippen molar-refractivity contribution in [1.82, 2.24) is 14.7 Å². The predicted octanol–water partition coefficient (Wildman–Crippen LogP) is 1.16. The van der Waals surface area contributed by atoms with Crippen LogP contribution in [0, 0.1) is 0 Å². The van der Waals surface area contributed by atoms with Crippen molar-refractivity contribution in [2.75, 3.05) is 48.5 Å². The maximum atomic E-state index is 12.6. The van der Waals surface area contributed by atoms with E-state index in [1.807, 2.05) is 18.2 Å². The van der Waals surface area contributed by atoms with E-state index in [-0.39, 0.29) is 17.6 Å². The summed E-state index contributed by atoms with van der Waals surface area (Å²) >= 11 is -1.13. The molecule has 1 saturated carbocycles. The molecule has 2 aliphatic heterocycles. The van der Waals surface area contributed by atoms with E-state index in [4.69, 9.17) is 9.97 Å². The maximum absolute atomic E-state index is 12.6. The molecule has 2 fully saturated rings. The Hall–Kier alpha value is -1.92. The van der Waals surface area contributed by atoms with Crippen LogP contribution in [0.2, 0.25) is 0 Å². The first-order valence-corrected chi connectivity index (χ1v) is 14.9. The number of nitrogens with zero attached hydrogens (tertiary/aromatic N) is 3. The fourth-order valence-electron chi connectivity index (χ4n) is 4.90. The molecular formula is C23H31N5O4S2. The highest BCUT2D eigenvalue weighted by Gasteiger charge is 2.45. The van der Waals surface area contributed by atoms with E-state index in [1.165, 1.54) is 6.26 Å². The minimum absolute atomic E-state index is 0.0182. The molecule has 0 bridgehead atoms. The molecule has 5 rings (SSSR count). The lowest BCUT2D eigenvalue weighted by Gasteiger charge is -2.42. The van der Waals surface area contributed by atoms with Crippen LogP contribution in [0.3, 0.4) is 0 Å². The zero-order valence-corrected chi connectivity index (χ0v) is 20.9. The molecule has 0 spiro atoms. The second kappa shape index (κ2) is 8.94. The van der Waals surface area contributed by atoms with E-state index in [9.17, 15) is 18.1 Å². The van der Waals surface area contributed by atoms with Gasteiger partial charge in [0.15, 0.2) is 5.82 Å². The minimum atomic E-state index is -3.31. The average molecular weight is 506 g/mol. The Morgan fingerprint density at radius 2 is 1.85 bits per heavy atom. The third-order valence-corrected chi connectivity index (χ3v) is 9.41. The topological polar surface area (TPSA) is 131 Å². The number of benzene rings is 1. The molecule has 3 N–H and O–H groups in total. The molecular weight excluding hydrogens is 474 g/mol. The molecule has 9 nitrogen and oxygen atoms in total. The number of hydrogen-bond acceptors (Lipinski definition) is 8. The number of nitrogens with one attached hydrogen (secondary N) is 2. The molecule has 11 heteroatoms. The van der Waals surface area contributed by atoms with E-state index in [0.717, 1.165) is 36.9 Å². The van der Waals surface area contributed by atoms with Crippen molar-refractivity contribution in [3.63, 3.8) is 0 Å². The minimum Gasteiger partial charge on any atom is -0.611 e. The fraction of sp³-hybridized carbons (Fsp3) is 0.565. The van der Waals surface area contributed by atoms with E-state index in [0.29, 0.717) is 48.5 Å². The van der Waals surface area contributed by atoms with Gasteiger partial charge in [-0.25, -0.2) is 18.1 Å². The van der Waals surface area contributed by atoms with Crippen LogP contribution in [0.15, 0.2) is 35.2 Å². The van der Waals surface area contributed by atoms with Crippen molar-refractivity contribution in [1.29, 1.82) is 0 Å². The van der Waals surface area contributed by atoms with Gasteiger partial charge in [-0.15, -0.1) is 0 Å². The largest absolute Gasteiger partial charge is 0.611 e. The van der Waals surface area contributed by atoms with Gasteiger partial charge in [-0.1, -0.05) is 30.3 Å². The molecule has 184 valence electrons. The van der Waals surface area contributed by atoms with Crippen LogP contribution in [0.4, 0.5) is 11.8 Å². The van der Waals surface area contributed by atoms with Gasteiger partial charge in [-0.3, -0.25) is 0 Å². The summed E-state index contributed by atoms with van der Waals surface area (Å²) in [5.41, 5.74) is 1.26. The molecule has 1 unspecified atom stereocenters. The molecule has 2 aromatic rings. The summed E-state index contributed by atoms with van der Waals surface area (Å²) in [5.74, 6) is 1.73. The molecule has 3 heterocycles. The zero-order valence-electron chi connectivity index (χ0n) is 19.3. The Bertz CT molecular complexity index is 1150. The Morgan fingerprint density at radius 3 is 2.47 bits per heavy atom. The standard InChI is InChI=1S/C23H31N5O4S2/c1-34(31,32)24-15-22(17-5-3-2-4-6-17)10-12-28(13-11-22)21-25-18-7-14-33(30)19(18)20(26-21)27-23(16-29)8-9-23/h2-6,24,29H,7-16H2,1H3,(H,25,26,27). The SMILES string of the molecule is CS(=O)(=O)NCC1(c2ccccc2)CCN(c2nc3c(c(NC4(CO)CC4)n2)[S+]([O-])CC3)CC1. The summed E-state index contributed by atoms with van der Waals surface area (Å²) in [7, 11) is -3.31. The predicted molar refractivity (Wildman–Crippen MR) is 132 cm³/mol. The quantitative estimate of drug-likeness (QED) is 0.456. The van der Waals surface area contributed by atoms with Gasteiger partial charge >= 0.3 is 0 Å². The zero-order chi connectivity index (χ0) is 24.0. The van der Waals surface area contributed by atoms with Crippen LogP contribution in [0.25, 0.3) is 0 Å². The molecule has 0 radical (unpaired) electrons. The van der Waals surface area contributed by atoms with Gasteiger partial charge in [-0.05, 0) is 42.4 Å². The van der Waals surface area contributed by atoms with E-state index in [2.05, 4.69) is 27.1 Å². The highest BCUT2D eigenvalue weighted by molar-refractivity contribution is 7.91. The van der Waals surface area contributed by atoms with E-state index in [1.54, 1.807) is 0 Å². The number of sulfonamides is 1. The number of piperidine rings is 1. The number of aliphatic hydroxyl groups excluding tert-OH is 1. The third-order valence-electron chi connectivity index (χ3n) is 7.28. The van der Waals surface area contributed by atoms with Crippen molar-refractivity contribution < 1.29 is 18.1 Å². The highest BCUT2D eigenvalue weighted by Crippen LogP contribution is 2.42. The number of anilines is 2. The summed E-state index contributed by atoms with van der Waals surface area (Å²) in [5, 5.41) is 13.2. The Balaban J connectivity index is 1.40. The van der Waals surface area contributed by atoms with Crippen molar-refractivity contribution in [3.8, 4) is 0 Å². The van der Waals surface area contributed by atoms with Gasteiger partial charge in [-0.2, -0.15) is 4.98 Å². The van der Waals surface area contributed by atoms with E-state index >= 15 is 0 Å². The lowest BCUT2D eigenvalue weighted by Crippen LogP contribution is -2.49. The Kier molecular flexibility index (Phi) is 6.26. The van der Waals surface area contributed by atoms with Crippen LogP contribution >= 0.6 is 0 Å². The van der Waals surface area contributed by atoms with Gasteiger partial charge in [0.05, 0.1) is 18.4 Å². The first kappa shape index (κ1) is 23.8. The number of fused-ring (bicyclic) bond motifs is 1. The van der Waals surface area contributed by atoms with Crippen molar-refractivity contribution >= 4 is 33.0 Å². The molecule has 1 aromatic heterocycles. The van der Waals surface area contributed by atoms with Gasteiger partial charge in [0.25, 0.3) is 0 Å². The lowest BCUT2D eigenvalue weighted by molar-refractivity contribution is 0.265. The Morgan fingerprint density at radius 1 is 1.15 bits per heavy atom. The van der Waals surface area contributed by atoms with Crippen LogP contribution < -0.4 is 14.9 Å². The average Bonchev–Trinajstić information content (AvgIpc) is 3.51. The third kappa shape index (κ3) is 4.76. The van der Waals surface area contributed by atoms with Crippen molar-refractivity contribution in [2.24, 2.45) is 0 Å². The van der Waals surface area contributed by atoms with Crippen molar-refractivity contribution in [3.05, 3.63) is 41.6 Å². The molecule has 1 saturated heterocycles. The normalized spacial score (nSPS) is 22.9. The fourth-order valence-corrected chi connectivity index (χ4v) is 6.74. The van der Waals surface area contributed by atoms with Gasteiger partial charge in [0, 0.05) is 31.5 Å². The first-order chi connectivity index (χ1) is 16.2.